The van der Waals surface area contributed by atoms with Gasteiger partial charge >= 0.3 is 0 Å². The highest BCUT2D eigenvalue weighted by Crippen LogP contribution is 2.30. The van der Waals surface area contributed by atoms with E-state index in [0.29, 0.717) is 66.9 Å². The maximum Gasteiger partial charge on any atom is 0.288 e. The second-order valence-electron chi connectivity index (χ2n) is 6.88. The molecule has 0 aliphatic heterocycles. The molecule has 0 aromatic heterocycles. The number of methoxy groups -OCH3 is 1. The van der Waals surface area contributed by atoms with Crippen LogP contribution >= 0.6 is 48.0 Å². The zero-order chi connectivity index (χ0) is 26.1. The predicted octanol–water partition coefficient (Wildman–Crippen LogP) is 7.94. The molecule has 0 saturated carbocycles. The molecule has 3 rings (SSSR count). The number of hydrogen-bond donors (Lipinski definition) is 4. The molecule has 0 amide bonds. The summed E-state index contributed by atoms with van der Waals surface area (Å²) in [6.45, 7) is 0. The number of nitrogens with one attached hydrogen (secondary N) is 4. The molecule has 0 spiro atoms. The van der Waals surface area contributed by atoms with Gasteiger partial charge in [-0.2, -0.15) is 17.6 Å². The minimum atomic E-state index is -2.49. The predicted molar refractivity (Wildman–Crippen MR) is 149 cm³/mol. The average molecular weight is 573 g/mol. The molecule has 5 nitrogen and oxygen atoms in total. The average Bonchev–Trinajstić information content (AvgIpc) is 2.81. The lowest BCUT2D eigenvalue weighted by Gasteiger charge is -2.16. The van der Waals surface area contributed by atoms with Crippen molar-refractivity contribution in [3.05, 3.63) is 66.7 Å². The second-order valence-corrected chi connectivity index (χ2v) is 9.82. The summed E-state index contributed by atoms with van der Waals surface area (Å²) in [7, 11) is 1.52. The van der Waals surface area contributed by atoms with E-state index >= 15 is 0 Å². The smallest absolute Gasteiger partial charge is 0.288 e. The molecule has 0 atom stereocenters. The number of thioether (sulfide) groups is 2. The van der Waals surface area contributed by atoms with Gasteiger partial charge in [0.05, 0.1) is 12.8 Å². The molecule has 0 aliphatic carbocycles. The van der Waals surface area contributed by atoms with Crippen LogP contribution in [0.4, 0.5) is 40.3 Å². The summed E-state index contributed by atoms with van der Waals surface area (Å²) in [4.78, 5) is 0.898. The van der Waals surface area contributed by atoms with E-state index in [0.717, 1.165) is 0 Å². The van der Waals surface area contributed by atoms with Gasteiger partial charge in [0.25, 0.3) is 11.5 Å². The van der Waals surface area contributed by atoms with Crippen LogP contribution in [-0.4, -0.2) is 28.8 Å². The van der Waals surface area contributed by atoms with Gasteiger partial charge in [0, 0.05) is 26.9 Å². The molecule has 0 saturated heterocycles. The van der Waals surface area contributed by atoms with Gasteiger partial charge in [-0.3, -0.25) is 0 Å². The summed E-state index contributed by atoms with van der Waals surface area (Å²) in [6, 6.07) is 18.1. The molecular formula is C23H20F4N4OS4. The highest BCUT2D eigenvalue weighted by atomic mass is 32.2. The van der Waals surface area contributed by atoms with Gasteiger partial charge in [0.15, 0.2) is 10.2 Å². The van der Waals surface area contributed by atoms with E-state index in [1.165, 1.54) is 7.11 Å². The highest BCUT2D eigenvalue weighted by molar-refractivity contribution is 7.99. The third-order valence-electron chi connectivity index (χ3n) is 4.38. The zero-order valence-electron chi connectivity index (χ0n) is 18.6. The fourth-order valence-corrected chi connectivity index (χ4v) is 4.36. The van der Waals surface area contributed by atoms with Crippen molar-refractivity contribution < 1.29 is 22.3 Å². The highest BCUT2D eigenvalue weighted by Gasteiger charge is 2.10. The molecule has 0 aliphatic rings. The van der Waals surface area contributed by atoms with Gasteiger partial charge in [0.2, 0.25) is 0 Å². The largest absolute Gasteiger partial charge is 0.495 e. The number of ether oxygens (including phenoxy) is 1. The Kier molecular flexibility index (Phi) is 10.5. The lowest BCUT2D eigenvalue weighted by Crippen LogP contribution is -2.21. The Morgan fingerprint density at radius 2 is 1.08 bits per heavy atom. The van der Waals surface area contributed by atoms with Gasteiger partial charge in [0.1, 0.15) is 5.75 Å². The number of hydrogen-bond acceptors (Lipinski definition) is 5. The third kappa shape index (κ3) is 9.04. The summed E-state index contributed by atoms with van der Waals surface area (Å²) < 4.78 is 55.3. The topological polar surface area (TPSA) is 57.4 Å². The fourth-order valence-electron chi connectivity index (χ4n) is 2.90. The quantitative estimate of drug-likeness (QED) is 0.116. The summed E-state index contributed by atoms with van der Waals surface area (Å²) >= 11 is 11.7. The van der Waals surface area contributed by atoms with Gasteiger partial charge in [-0.25, -0.2) is 0 Å². The number of thiocarbonyl (C=S) groups is 2. The van der Waals surface area contributed by atoms with Crippen molar-refractivity contribution in [2.45, 2.75) is 21.3 Å². The second kappa shape index (κ2) is 13.5. The molecular weight excluding hydrogens is 553 g/mol. The Labute approximate surface area is 224 Å². The molecule has 190 valence electrons. The van der Waals surface area contributed by atoms with E-state index in [2.05, 4.69) is 21.3 Å². The first-order valence-corrected chi connectivity index (χ1v) is 12.7. The summed E-state index contributed by atoms with van der Waals surface area (Å²) in [5, 5.41) is 12.6. The Morgan fingerprint density at radius 1 is 0.667 bits per heavy atom. The molecule has 0 heterocycles. The van der Waals surface area contributed by atoms with Crippen LogP contribution in [0.2, 0.25) is 0 Å². The van der Waals surface area contributed by atoms with Crippen LogP contribution in [0.5, 0.6) is 5.75 Å². The lowest BCUT2D eigenvalue weighted by molar-refractivity contribution is 0.251. The van der Waals surface area contributed by atoms with Crippen LogP contribution in [0.3, 0.4) is 0 Å². The van der Waals surface area contributed by atoms with Crippen LogP contribution in [0, 0.1) is 0 Å². The maximum absolute atomic E-state index is 12.5. The van der Waals surface area contributed by atoms with Gasteiger partial charge in [-0.05, 0) is 91.2 Å². The Hall–Kier alpha value is -2.74. The first-order valence-electron chi connectivity index (χ1n) is 10.2. The van der Waals surface area contributed by atoms with Crippen molar-refractivity contribution in [1.82, 2.24) is 0 Å². The van der Waals surface area contributed by atoms with Gasteiger partial charge in [-0.15, -0.1) is 0 Å². The number of alkyl halides is 4. The van der Waals surface area contributed by atoms with Crippen LogP contribution in [0.25, 0.3) is 0 Å². The molecule has 0 unspecified atom stereocenters. The van der Waals surface area contributed by atoms with Crippen molar-refractivity contribution in [2.24, 2.45) is 0 Å². The molecule has 0 radical (unpaired) electrons. The zero-order valence-corrected chi connectivity index (χ0v) is 21.8. The summed E-state index contributed by atoms with van der Waals surface area (Å²) in [5.41, 5.74) is 2.46. The maximum atomic E-state index is 12.5. The molecule has 13 heteroatoms. The first-order chi connectivity index (χ1) is 17.2. The first kappa shape index (κ1) is 27.8. The number of halogens is 4. The third-order valence-corrected chi connectivity index (χ3v) is 6.23. The molecule has 0 bridgehead atoms. The molecule has 3 aromatic carbocycles. The molecule has 0 fully saturated rings. The van der Waals surface area contributed by atoms with E-state index in [-0.39, 0.29) is 5.11 Å². The minimum absolute atomic E-state index is 0.266. The van der Waals surface area contributed by atoms with Crippen molar-refractivity contribution in [2.75, 3.05) is 28.4 Å². The standard InChI is InChI=1S/C23H20F4N4OS4/c1-32-19-11-6-15(30-22(33)28-13-2-7-16(8-3-13)35-20(24)25)12-18(19)31-23(34)29-14-4-9-17(10-5-14)36-21(26)27/h2-12,20-21H,1H3,(H2,28,30,33)(H2,29,31,34). The Balaban J connectivity index is 1.60. The Bertz CT molecular complexity index is 1180. The molecule has 3 aromatic rings. The van der Waals surface area contributed by atoms with Crippen molar-refractivity contribution in [3.8, 4) is 5.75 Å². The van der Waals surface area contributed by atoms with Crippen LogP contribution in [0.1, 0.15) is 0 Å². The van der Waals surface area contributed by atoms with Crippen molar-refractivity contribution in [1.29, 1.82) is 0 Å². The number of rotatable bonds is 9. The van der Waals surface area contributed by atoms with E-state index in [1.54, 1.807) is 66.7 Å². The van der Waals surface area contributed by atoms with Crippen molar-refractivity contribution >= 4 is 80.9 Å². The van der Waals surface area contributed by atoms with Crippen molar-refractivity contribution in [3.63, 3.8) is 0 Å². The SMILES string of the molecule is COc1ccc(NC(=S)Nc2ccc(SC(F)F)cc2)cc1NC(=S)Nc1ccc(SC(F)F)cc1. The lowest BCUT2D eigenvalue weighted by atomic mass is 10.2. The van der Waals surface area contributed by atoms with Crippen LogP contribution in [0.15, 0.2) is 76.5 Å². The molecule has 4 N–H and O–H groups in total. The monoisotopic (exact) mass is 572 g/mol. The molecule has 36 heavy (non-hydrogen) atoms. The van der Waals surface area contributed by atoms with E-state index in [4.69, 9.17) is 29.2 Å². The van der Waals surface area contributed by atoms with E-state index in [9.17, 15) is 17.6 Å². The normalized spacial score (nSPS) is 10.8. The van der Waals surface area contributed by atoms with E-state index < -0.39 is 11.5 Å². The number of benzene rings is 3. The summed E-state index contributed by atoms with van der Waals surface area (Å²) in [5.74, 6) is -4.44. The summed E-state index contributed by atoms with van der Waals surface area (Å²) in [6.07, 6.45) is 0. The van der Waals surface area contributed by atoms with Gasteiger partial charge in [-0.1, -0.05) is 23.5 Å². The fraction of sp³-hybridized carbons (Fsp3) is 0.130. The minimum Gasteiger partial charge on any atom is -0.495 e. The van der Waals surface area contributed by atoms with Crippen LogP contribution in [-0.2, 0) is 0 Å². The van der Waals surface area contributed by atoms with E-state index in [1.807, 2.05) is 0 Å². The Morgan fingerprint density at radius 3 is 1.53 bits per heavy atom. The number of anilines is 4. The van der Waals surface area contributed by atoms with Gasteiger partial charge < -0.3 is 26.0 Å². The van der Waals surface area contributed by atoms with Crippen LogP contribution < -0.4 is 26.0 Å².